The second-order valence-corrected chi connectivity index (χ2v) is 5.47. The van der Waals surface area contributed by atoms with Gasteiger partial charge in [0.05, 0.1) is 32.6 Å². The Hall–Kier alpha value is -2.93. The van der Waals surface area contributed by atoms with Gasteiger partial charge in [0.25, 0.3) is 5.91 Å². The van der Waals surface area contributed by atoms with Crippen LogP contribution in [-0.2, 0) is 9.53 Å². The molecule has 2 aromatic carbocycles. The predicted molar refractivity (Wildman–Crippen MR) is 96.5 cm³/mol. The van der Waals surface area contributed by atoms with E-state index in [4.69, 9.17) is 30.5 Å². The van der Waals surface area contributed by atoms with Crippen LogP contribution in [-0.4, -0.2) is 39.8 Å². The molecule has 0 spiro atoms. The number of carbonyl (C=O) groups is 2. The first-order chi connectivity index (χ1) is 12.5. The quantitative estimate of drug-likeness (QED) is 0.744. The highest BCUT2D eigenvalue weighted by atomic mass is 35.5. The SMILES string of the molecule is COC(=O)c1cc(OC)c(OC)cc1NC(=O)COc1ccc(Cl)cc1. The Morgan fingerprint density at radius 2 is 1.62 bits per heavy atom. The molecular formula is C18H18ClNO6. The molecule has 0 radical (unpaired) electrons. The number of amides is 1. The molecule has 0 aliphatic heterocycles. The minimum Gasteiger partial charge on any atom is -0.493 e. The van der Waals surface area contributed by atoms with Gasteiger partial charge >= 0.3 is 5.97 Å². The molecule has 7 nitrogen and oxygen atoms in total. The second-order valence-electron chi connectivity index (χ2n) is 5.04. The Kier molecular flexibility index (Phi) is 6.68. The molecule has 0 unspecified atom stereocenters. The summed E-state index contributed by atoms with van der Waals surface area (Å²) in [5, 5.41) is 3.17. The lowest BCUT2D eigenvalue weighted by atomic mass is 10.1. The van der Waals surface area contributed by atoms with Gasteiger partial charge in [-0.05, 0) is 24.3 Å². The van der Waals surface area contributed by atoms with Gasteiger partial charge in [-0.1, -0.05) is 11.6 Å². The summed E-state index contributed by atoms with van der Waals surface area (Å²) in [6, 6.07) is 9.50. The Morgan fingerprint density at radius 1 is 1.00 bits per heavy atom. The molecule has 0 aliphatic carbocycles. The molecule has 2 rings (SSSR count). The molecule has 0 fully saturated rings. The van der Waals surface area contributed by atoms with Gasteiger partial charge < -0.3 is 24.3 Å². The summed E-state index contributed by atoms with van der Waals surface area (Å²) in [5.74, 6) is 0.0969. The zero-order valence-electron chi connectivity index (χ0n) is 14.5. The van der Waals surface area contributed by atoms with Gasteiger partial charge in [-0.15, -0.1) is 0 Å². The van der Waals surface area contributed by atoms with Crippen LogP contribution in [0.5, 0.6) is 17.2 Å². The van der Waals surface area contributed by atoms with Gasteiger partial charge in [0, 0.05) is 17.2 Å². The van der Waals surface area contributed by atoms with E-state index in [1.165, 1.54) is 33.5 Å². The molecule has 8 heteroatoms. The fourth-order valence-corrected chi connectivity index (χ4v) is 2.25. The third-order valence-corrected chi connectivity index (χ3v) is 3.64. The number of nitrogens with one attached hydrogen (secondary N) is 1. The van der Waals surface area contributed by atoms with Crippen molar-refractivity contribution in [3.8, 4) is 17.2 Å². The molecule has 1 amide bonds. The van der Waals surface area contributed by atoms with Gasteiger partial charge in [0.1, 0.15) is 5.75 Å². The molecule has 0 heterocycles. The summed E-state index contributed by atoms with van der Waals surface area (Å²) < 4.78 is 20.5. The van der Waals surface area contributed by atoms with E-state index in [1.807, 2.05) is 0 Å². The number of carbonyl (C=O) groups excluding carboxylic acids is 2. The lowest BCUT2D eigenvalue weighted by molar-refractivity contribution is -0.118. The fourth-order valence-electron chi connectivity index (χ4n) is 2.13. The standard InChI is InChI=1S/C18H18ClNO6/c1-23-15-8-13(18(22)25-3)14(9-16(15)24-2)20-17(21)10-26-12-6-4-11(19)5-7-12/h4-9H,10H2,1-3H3,(H,20,21). The van der Waals surface area contributed by atoms with Crippen LogP contribution in [0.25, 0.3) is 0 Å². The number of methoxy groups -OCH3 is 3. The van der Waals surface area contributed by atoms with Crippen molar-refractivity contribution in [3.63, 3.8) is 0 Å². The second kappa shape index (κ2) is 8.96. The number of benzene rings is 2. The van der Waals surface area contributed by atoms with Crippen molar-refractivity contribution in [3.05, 3.63) is 47.0 Å². The van der Waals surface area contributed by atoms with Crippen LogP contribution in [0.2, 0.25) is 5.02 Å². The highest BCUT2D eigenvalue weighted by Crippen LogP contribution is 2.33. The Labute approximate surface area is 155 Å². The summed E-state index contributed by atoms with van der Waals surface area (Å²) >= 11 is 5.80. The van der Waals surface area contributed by atoms with Crippen molar-refractivity contribution in [2.75, 3.05) is 33.3 Å². The summed E-state index contributed by atoms with van der Waals surface area (Å²) in [7, 11) is 4.14. The summed E-state index contributed by atoms with van der Waals surface area (Å²) in [6.45, 7) is -0.253. The smallest absolute Gasteiger partial charge is 0.340 e. The van der Waals surface area contributed by atoms with Crippen molar-refractivity contribution >= 4 is 29.2 Å². The lowest BCUT2D eigenvalue weighted by Gasteiger charge is -2.15. The zero-order valence-corrected chi connectivity index (χ0v) is 15.3. The van der Waals surface area contributed by atoms with Crippen molar-refractivity contribution in [1.82, 2.24) is 0 Å². The number of hydrogen-bond acceptors (Lipinski definition) is 6. The van der Waals surface area contributed by atoms with Gasteiger partial charge in [0.15, 0.2) is 18.1 Å². The maximum atomic E-state index is 12.2. The van der Waals surface area contributed by atoms with E-state index in [-0.39, 0.29) is 17.9 Å². The first-order valence-corrected chi connectivity index (χ1v) is 7.88. The van der Waals surface area contributed by atoms with Crippen LogP contribution in [0.3, 0.4) is 0 Å². The highest BCUT2D eigenvalue weighted by molar-refractivity contribution is 6.30. The van der Waals surface area contributed by atoms with Crippen LogP contribution in [0.1, 0.15) is 10.4 Å². The van der Waals surface area contributed by atoms with Gasteiger partial charge in [-0.3, -0.25) is 4.79 Å². The molecule has 138 valence electrons. The summed E-state index contributed by atoms with van der Waals surface area (Å²) in [6.07, 6.45) is 0. The third-order valence-electron chi connectivity index (χ3n) is 3.39. The van der Waals surface area contributed by atoms with E-state index in [9.17, 15) is 9.59 Å². The molecule has 0 bridgehead atoms. The number of hydrogen-bond donors (Lipinski definition) is 1. The molecule has 1 N–H and O–H groups in total. The van der Waals surface area contributed by atoms with Gasteiger partial charge in [-0.2, -0.15) is 0 Å². The summed E-state index contributed by atoms with van der Waals surface area (Å²) in [5.41, 5.74) is 0.351. The Balaban J connectivity index is 2.16. The van der Waals surface area contributed by atoms with E-state index in [1.54, 1.807) is 24.3 Å². The zero-order chi connectivity index (χ0) is 19.1. The van der Waals surface area contributed by atoms with Crippen molar-refractivity contribution in [2.45, 2.75) is 0 Å². The van der Waals surface area contributed by atoms with Crippen LogP contribution < -0.4 is 19.5 Å². The molecule has 0 aromatic heterocycles. The van der Waals surface area contributed by atoms with Crippen LogP contribution in [0.4, 0.5) is 5.69 Å². The monoisotopic (exact) mass is 379 g/mol. The molecule has 0 atom stereocenters. The normalized spacial score (nSPS) is 10.0. The average molecular weight is 380 g/mol. The van der Waals surface area contributed by atoms with E-state index in [0.717, 1.165) is 0 Å². The number of halogens is 1. The van der Waals surface area contributed by atoms with Crippen molar-refractivity contribution in [1.29, 1.82) is 0 Å². The topological polar surface area (TPSA) is 83.1 Å². The minimum absolute atomic E-state index is 0.130. The van der Waals surface area contributed by atoms with Crippen LogP contribution in [0.15, 0.2) is 36.4 Å². The molecule has 2 aromatic rings. The van der Waals surface area contributed by atoms with Gasteiger partial charge in [-0.25, -0.2) is 4.79 Å². The minimum atomic E-state index is -0.625. The molecule has 0 saturated heterocycles. The number of rotatable bonds is 7. The maximum Gasteiger partial charge on any atom is 0.340 e. The number of esters is 1. The van der Waals surface area contributed by atoms with E-state index >= 15 is 0 Å². The third kappa shape index (κ3) is 4.80. The molecule has 0 saturated carbocycles. The Morgan fingerprint density at radius 3 is 2.19 bits per heavy atom. The van der Waals surface area contributed by atoms with Crippen molar-refractivity contribution in [2.24, 2.45) is 0 Å². The van der Waals surface area contributed by atoms with Crippen molar-refractivity contribution < 1.29 is 28.5 Å². The molecular weight excluding hydrogens is 362 g/mol. The predicted octanol–water partition coefficient (Wildman–Crippen LogP) is 3.16. The number of ether oxygens (including phenoxy) is 4. The Bertz CT molecular complexity index is 791. The maximum absolute atomic E-state index is 12.2. The summed E-state index contributed by atoms with van der Waals surface area (Å²) in [4.78, 5) is 24.2. The first kappa shape index (κ1) is 19.4. The number of anilines is 1. The lowest BCUT2D eigenvalue weighted by Crippen LogP contribution is -2.22. The fraction of sp³-hybridized carbons (Fsp3) is 0.222. The molecule has 0 aliphatic rings. The highest BCUT2D eigenvalue weighted by Gasteiger charge is 2.19. The van der Waals surface area contributed by atoms with Crippen LogP contribution in [0, 0.1) is 0 Å². The van der Waals surface area contributed by atoms with E-state index in [2.05, 4.69) is 5.32 Å². The van der Waals surface area contributed by atoms with Crippen LogP contribution >= 0.6 is 11.6 Å². The molecule has 26 heavy (non-hydrogen) atoms. The largest absolute Gasteiger partial charge is 0.493 e. The van der Waals surface area contributed by atoms with Gasteiger partial charge in [0.2, 0.25) is 0 Å². The van der Waals surface area contributed by atoms with E-state index < -0.39 is 11.9 Å². The average Bonchev–Trinajstić information content (AvgIpc) is 2.66. The van der Waals surface area contributed by atoms with E-state index in [0.29, 0.717) is 22.3 Å². The first-order valence-electron chi connectivity index (χ1n) is 7.51.